The van der Waals surface area contributed by atoms with Gasteiger partial charge in [0.2, 0.25) is 0 Å². The van der Waals surface area contributed by atoms with E-state index in [2.05, 4.69) is 33.0 Å². The van der Waals surface area contributed by atoms with Crippen LogP contribution in [-0.4, -0.2) is 40.9 Å². The van der Waals surface area contributed by atoms with Crippen molar-refractivity contribution in [3.8, 4) is 0 Å². The van der Waals surface area contributed by atoms with Crippen molar-refractivity contribution in [2.24, 2.45) is 0 Å². The highest BCUT2D eigenvalue weighted by Crippen LogP contribution is 2.10. The molecule has 0 unspecified atom stereocenters. The van der Waals surface area contributed by atoms with Crippen molar-refractivity contribution in [1.29, 1.82) is 0 Å². The van der Waals surface area contributed by atoms with E-state index in [1.165, 1.54) is 5.69 Å². The molecule has 7 heteroatoms. The van der Waals surface area contributed by atoms with Crippen LogP contribution < -0.4 is 5.32 Å². The predicted octanol–water partition coefficient (Wildman–Crippen LogP) is 1.57. The highest BCUT2D eigenvalue weighted by atomic mass is 35.5. The minimum atomic E-state index is 0. The molecule has 0 saturated carbocycles. The number of hydrogen-bond donors (Lipinski definition) is 1. The highest BCUT2D eigenvalue weighted by Gasteiger charge is 2.17. The van der Waals surface area contributed by atoms with E-state index in [4.69, 9.17) is 0 Å². The van der Waals surface area contributed by atoms with Gasteiger partial charge in [-0.3, -0.25) is 9.58 Å². The van der Waals surface area contributed by atoms with Gasteiger partial charge < -0.3 is 5.32 Å². The van der Waals surface area contributed by atoms with Gasteiger partial charge in [-0.1, -0.05) is 0 Å². The van der Waals surface area contributed by atoms with E-state index < -0.39 is 0 Å². The van der Waals surface area contributed by atoms with Crippen LogP contribution in [0.25, 0.3) is 0 Å². The maximum Gasteiger partial charge on any atom is 0.0540 e. The second kappa shape index (κ2) is 9.00. The van der Waals surface area contributed by atoms with Crippen molar-refractivity contribution in [1.82, 2.24) is 20.0 Å². The second-order valence-corrected chi connectivity index (χ2v) is 3.97. The van der Waals surface area contributed by atoms with Crippen LogP contribution in [0, 0.1) is 0 Å². The molecule has 0 bridgehead atoms. The summed E-state index contributed by atoms with van der Waals surface area (Å²) in [6.07, 6.45) is 1.89. The molecule has 1 aliphatic heterocycles. The number of fused-ring (bicyclic) bond motifs is 1. The van der Waals surface area contributed by atoms with E-state index in [0.29, 0.717) is 6.04 Å². The number of rotatable bonds is 3. The molecule has 1 atom stereocenters. The van der Waals surface area contributed by atoms with Crippen LogP contribution in [0.5, 0.6) is 0 Å². The molecule has 1 aromatic heterocycles. The third kappa shape index (κ3) is 5.02. The van der Waals surface area contributed by atoms with Crippen LogP contribution in [0.2, 0.25) is 0 Å². The largest absolute Gasteiger partial charge is 0.316 e. The molecule has 1 aromatic rings. The van der Waals surface area contributed by atoms with Crippen molar-refractivity contribution >= 4 is 37.2 Å². The van der Waals surface area contributed by atoms with Crippen molar-refractivity contribution in [3.05, 3.63) is 18.0 Å². The van der Waals surface area contributed by atoms with Crippen molar-refractivity contribution in [3.63, 3.8) is 0 Å². The fraction of sp³-hybridized carbons (Fsp3) is 0.700. The van der Waals surface area contributed by atoms with E-state index in [1.54, 1.807) is 0 Å². The normalized spacial score (nSPS) is 15.9. The van der Waals surface area contributed by atoms with Crippen molar-refractivity contribution in [2.45, 2.75) is 26.1 Å². The molecule has 102 valence electrons. The summed E-state index contributed by atoms with van der Waals surface area (Å²) in [6, 6.07) is 2.67. The molecule has 0 fully saturated rings. The zero-order chi connectivity index (χ0) is 9.97. The third-order valence-corrected chi connectivity index (χ3v) is 2.84. The Morgan fingerprint density at radius 3 is 2.71 bits per heavy atom. The van der Waals surface area contributed by atoms with Gasteiger partial charge in [-0.2, -0.15) is 5.10 Å². The molecule has 0 radical (unpaired) electrons. The summed E-state index contributed by atoms with van der Waals surface area (Å²) in [4.78, 5) is 2.47. The van der Waals surface area contributed by atoms with Crippen molar-refractivity contribution < 1.29 is 0 Å². The van der Waals surface area contributed by atoms with Gasteiger partial charge in [0.25, 0.3) is 0 Å². The third-order valence-electron chi connectivity index (χ3n) is 2.84. The van der Waals surface area contributed by atoms with Gasteiger partial charge in [-0.15, -0.1) is 37.2 Å². The summed E-state index contributed by atoms with van der Waals surface area (Å²) >= 11 is 0. The molecule has 1 N–H and O–H groups in total. The quantitative estimate of drug-likeness (QED) is 0.920. The van der Waals surface area contributed by atoms with Gasteiger partial charge in [0.05, 0.1) is 12.2 Å². The van der Waals surface area contributed by atoms with Crippen LogP contribution >= 0.6 is 37.2 Å². The van der Waals surface area contributed by atoms with Crippen LogP contribution in [0.15, 0.2) is 12.3 Å². The van der Waals surface area contributed by atoms with Crippen molar-refractivity contribution in [2.75, 3.05) is 20.1 Å². The molecule has 0 spiro atoms. The first-order valence-corrected chi connectivity index (χ1v) is 5.20. The first-order valence-electron chi connectivity index (χ1n) is 5.20. The number of aromatic nitrogens is 2. The van der Waals surface area contributed by atoms with Crippen LogP contribution in [0.3, 0.4) is 0 Å². The Morgan fingerprint density at radius 1 is 1.35 bits per heavy atom. The summed E-state index contributed by atoms with van der Waals surface area (Å²) < 4.78 is 2.10. The molecule has 1 aliphatic rings. The molecule has 0 saturated heterocycles. The van der Waals surface area contributed by atoms with Gasteiger partial charge in [0, 0.05) is 31.9 Å². The molecule has 17 heavy (non-hydrogen) atoms. The number of nitrogens with zero attached hydrogens (tertiary/aromatic N) is 3. The first kappa shape index (κ1) is 19.3. The van der Waals surface area contributed by atoms with Gasteiger partial charge in [0.15, 0.2) is 0 Å². The number of hydrogen-bond acceptors (Lipinski definition) is 3. The lowest BCUT2D eigenvalue weighted by molar-refractivity contribution is 0.198. The van der Waals surface area contributed by atoms with Crippen LogP contribution in [-0.2, 0) is 13.1 Å². The Morgan fingerprint density at radius 2 is 2.06 bits per heavy atom. The summed E-state index contributed by atoms with van der Waals surface area (Å²) in [6.45, 7) is 6.50. The minimum absolute atomic E-state index is 0. The Kier molecular flexibility index (Phi) is 10.2. The SMILES string of the molecule is CN[C@H](C)CN1CCn2nccc2C1.Cl.Cl.Cl. The fourth-order valence-electron chi connectivity index (χ4n) is 1.87. The molecule has 0 amide bonds. The molecule has 4 nitrogen and oxygen atoms in total. The summed E-state index contributed by atoms with van der Waals surface area (Å²) in [5.41, 5.74) is 1.33. The Bertz CT molecular complexity index is 305. The monoisotopic (exact) mass is 302 g/mol. The average Bonchev–Trinajstić information content (AvgIpc) is 2.64. The van der Waals surface area contributed by atoms with E-state index >= 15 is 0 Å². The lowest BCUT2D eigenvalue weighted by Gasteiger charge is -2.29. The molecule has 0 aliphatic carbocycles. The first-order chi connectivity index (χ1) is 6.79. The van der Waals surface area contributed by atoms with E-state index in [9.17, 15) is 0 Å². The standard InChI is InChI=1S/C10H18N4.3ClH/c1-9(11-2)7-13-5-6-14-10(8-13)3-4-12-14;;;/h3-4,9,11H,5-8H2,1-2H3;3*1H/t9-;;;/m1.../s1. The molecule has 0 aromatic carbocycles. The fourth-order valence-corrected chi connectivity index (χ4v) is 1.87. The molecular weight excluding hydrogens is 282 g/mol. The topological polar surface area (TPSA) is 33.1 Å². The summed E-state index contributed by atoms with van der Waals surface area (Å²) in [5, 5.41) is 7.53. The Balaban J connectivity index is 0. The smallest absolute Gasteiger partial charge is 0.0540 e. The minimum Gasteiger partial charge on any atom is -0.316 e. The second-order valence-electron chi connectivity index (χ2n) is 3.97. The molecule has 2 heterocycles. The number of nitrogens with one attached hydrogen (secondary N) is 1. The summed E-state index contributed by atoms with van der Waals surface area (Å²) in [7, 11) is 2.01. The van der Waals surface area contributed by atoms with Gasteiger partial charge in [0.1, 0.15) is 0 Å². The Hall–Kier alpha value is -0.000000000000000111. The Labute approximate surface area is 121 Å². The van der Waals surface area contributed by atoms with E-state index in [1.807, 2.05) is 13.2 Å². The van der Waals surface area contributed by atoms with Gasteiger partial charge >= 0.3 is 0 Å². The highest BCUT2D eigenvalue weighted by molar-refractivity contribution is 5.86. The lowest BCUT2D eigenvalue weighted by Crippen LogP contribution is -2.41. The molecular formula is C10H21Cl3N4. The maximum atomic E-state index is 4.26. The predicted molar refractivity (Wildman–Crippen MR) is 77.8 cm³/mol. The summed E-state index contributed by atoms with van der Waals surface area (Å²) in [5.74, 6) is 0. The number of halogens is 3. The van der Waals surface area contributed by atoms with Crippen LogP contribution in [0.1, 0.15) is 12.6 Å². The average molecular weight is 304 g/mol. The van der Waals surface area contributed by atoms with Gasteiger partial charge in [-0.25, -0.2) is 0 Å². The maximum absolute atomic E-state index is 4.26. The lowest BCUT2D eigenvalue weighted by atomic mass is 10.2. The number of likely N-dealkylation sites (N-methyl/N-ethyl adjacent to an activating group) is 1. The van der Waals surface area contributed by atoms with E-state index in [0.717, 1.165) is 26.2 Å². The van der Waals surface area contributed by atoms with E-state index in [-0.39, 0.29) is 37.2 Å². The zero-order valence-corrected chi connectivity index (χ0v) is 12.6. The van der Waals surface area contributed by atoms with Crippen LogP contribution in [0.4, 0.5) is 0 Å². The molecule has 2 rings (SSSR count). The van der Waals surface area contributed by atoms with Gasteiger partial charge in [-0.05, 0) is 20.0 Å². The zero-order valence-electron chi connectivity index (χ0n) is 10.1.